The SMILES string of the molecule is C=C(C)[C@H]1CCC(=C)[C@]2(CC(O)C(O)C2C)C1.C=C(C)[C@H]1CCC(=C)[C@]2(CC3OC3[C@H]2C)C1. The molecule has 0 amide bonds. The predicted molar refractivity (Wildman–Crippen MR) is 136 cm³/mol. The molecule has 10 atom stereocenters. The first-order chi connectivity index (χ1) is 15.4. The summed E-state index contributed by atoms with van der Waals surface area (Å²) in [5.74, 6) is 2.00. The van der Waals surface area contributed by atoms with Crippen LogP contribution in [0.3, 0.4) is 0 Å². The Morgan fingerprint density at radius 2 is 1.30 bits per heavy atom. The van der Waals surface area contributed by atoms with Crippen molar-refractivity contribution in [1.82, 2.24) is 0 Å². The Morgan fingerprint density at radius 1 is 0.818 bits per heavy atom. The lowest BCUT2D eigenvalue weighted by Gasteiger charge is -2.44. The van der Waals surface area contributed by atoms with Crippen molar-refractivity contribution in [2.45, 2.75) is 103 Å². The van der Waals surface area contributed by atoms with Gasteiger partial charge < -0.3 is 14.9 Å². The Labute approximate surface area is 201 Å². The molecule has 0 aromatic carbocycles. The van der Waals surface area contributed by atoms with Crippen LogP contribution in [0.2, 0.25) is 0 Å². The van der Waals surface area contributed by atoms with Crippen molar-refractivity contribution < 1.29 is 14.9 Å². The lowest BCUT2D eigenvalue weighted by Crippen LogP contribution is -2.36. The van der Waals surface area contributed by atoms with E-state index in [1.165, 1.54) is 48.0 Å². The number of hydrogen-bond acceptors (Lipinski definition) is 3. The van der Waals surface area contributed by atoms with Gasteiger partial charge in [-0.25, -0.2) is 0 Å². The van der Waals surface area contributed by atoms with Crippen molar-refractivity contribution in [1.29, 1.82) is 0 Å². The lowest BCUT2D eigenvalue weighted by molar-refractivity contribution is 0.0199. The molecule has 33 heavy (non-hydrogen) atoms. The number of aliphatic hydroxyl groups excluding tert-OH is 2. The monoisotopic (exact) mass is 454 g/mol. The molecular weight excluding hydrogens is 408 g/mol. The van der Waals surface area contributed by atoms with Gasteiger partial charge in [0.15, 0.2) is 0 Å². The first-order valence-electron chi connectivity index (χ1n) is 13.1. The Hall–Kier alpha value is -1.16. The number of allylic oxidation sites excluding steroid dienone is 4. The molecule has 5 unspecified atom stereocenters. The van der Waals surface area contributed by atoms with Crippen molar-refractivity contribution in [2.24, 2.45) is 34.5 Å². The highest BCUT2D eigenvalue weighted by molar-refractivity contribution is 5.26. The van der Waals surface area contributed by atoms with Crippen LogP contribution in [0.4, 0.5) is 0 Å². The highest BCUT2D eigenvalue weighted by Crippen LogP contribution is 2.63. The van der Waals surface area contributed by atoms with Gasteiger partial charge in [-0.15, -0.1) is 0 Å². The summed E-state index contributed by atoms with van der Waals surface area (Å²) in [6.45, 7) is 25.5. The zero-order valence-corrected chi connectivity index (χ0v) is 21.4. The van der Waals surface area contributed by atoms with E-state index in [-0.39, 0.29) is 11.3 Å². The van der Waals surface area contributed by atoms with E-state index in [1.807, 2.05) is 6.92 Å². The molecule has 4 saturated carbocycles. The molecule has 1 aliphatic heterocycles. The van der Waals surface area contributed by atoms with Crippen molar-refractivity contribution >= 4 is 0 Å². The van der Waals surface area contributed by atoms with Crippen LogP contribution in [-0.4, -0.2) is 34.6 Å². The summed E-state index contributed by atoms with van der Waals surface area (Å²) in [6, 6.07) is 0. The molecule has 0 aromatic rings. The normalized spacial score (nSPS) is 48.4. The van der Waals surface area contributed by atoms with Gasteiger partial charge in [0.2, 0.25) is 0 Å². The topological polar surface area (TPSA) is 53.0 Å². The molecule has 3 nitrogen and oxygen atoms in total. The third-order valence-electron chi connectivity index (χ3n) is 10.5. The van der Waals surface area contributed by atoms with Crippen LogP contribution in [-0.2, 0) is 4.74 Å². The van der Waals surface area contributed by atoms with Crippen LogP contribution in [0.5, 0.6) is 0 Å². The zero-order chi connectivity index (χ0) is 24.3. The number of ether oxygens (including phenoxy) is 1. The second-order valence-corrected chi connectivity index (χ2v) is 12.3. The van der Waals surface area contributed by atoms with Gasteiger partial charge in [-0.05, 0) is 99.7 Å². The lowest BCUT2D eigenvalue weighted by atomic mass is 9.61. The molecule has 5 fully saturated rings. The molecule has 5 rings (SSSR count). The Morgan fingerprint density at radius 3 is 1.67 bits per heavy atom. The number of rotatable bonds is 2. The molecule has 4 aliphatic carbocycles. The summed E-state index contributed by atoms with van der Waals surface area (Å²) in [4.78, 5) is 0. The average Bonchev–Trinajstić information content (AvgIpc) is 3.43. The molecule has 184 valence electrons. The minimum Gasteiger partial charge on any atom is -0.390 e. The smallest absolute Gasteiger partial charge is 0.0876 e. The Kier molecular flexibility index (Phi) is 6.66. The minimum atomic E-state index is -0.601. The first-order valence-corrected chi connectivity index (χ1v) is 13.1. The van der Waals surface area contributed by atoms with Gasteiger partial charge in [0.05, 0.1) is 24.4 Å². The van der Waals surface area contributed by atoms with Gasteiger partial charge in [0.1, 0.15) is 0 Å². The van der Waals surface area contributed by atoms with E-state index in [0.717, 1.165) is 19.3 Å². The Balaban J connectivity index is 0.000000157. The summed E-state index contributed by atoms with van der Waals surface area (Å²) >= 11 is 0. The minimum absolute atomic E-state index is 0.0688. The molecule has 2 N–H and O–H groups in total. The van der Waals surface area contributed by atoms with Crippen LogP contribution in [0.15, 0.2) is 48.6 Å². The van der Waals surface area contributed by atoms with E-state index in [4.69, 9.17) is 4.74 Å². The van der Waals surface area contributed by atoms with Crippen molar-refractivity contribution in [2.75, 3.05) is 0 Å². The molecule has 2 spiro atoms. The number of aliphatic hydroxyl groups is 2. The fraction of sp³-hybridized carbons (Fsp3) is 0.733. The van der Waals surface area contributed by atoms with Crippen LogP contribution >= 0.6 is 0 Å². The first kappa shape index (κ1) is 24.9. The van der Waals surface area contributed by atoms with Gasteiger partial charge >= 0.3 is 0 Å². The standard InChI is InChI=1S/C15H24O2.C15H22O/c1-9(2)12-6-5-10(3)15(7-12)8-13(16)14(17)11(15)4;1-9(2)12-6-5-10(3)15(7-12)8-13-14(16-13)11(15)4/h11-14,16-17H,1,3,5-8H2,2,4H3;11-14H,1,3,5-8H2,2,4H3/t11?,12-,13?,14?,15+;11-,12+,13?,14?,15-/m01/s1. The molecule has 0 radical (unpaired) electrons. The van der Waals surface area contributed by atoms with Gasteiger partial charge in [-0.1, -0.05) is 62.5 Å². The predicted octanol–water partition coefficient (Wildman–Crippen LogP) is 6.38. The molecular formula is C30H46O3. The van der Waals surface area contributed by atoms with Crippen LogP contribution in [0, 0.1) is 34.5 Å². The summed E-state index contributed by atoms with van der Waals surface area (Å²) < 4.78 is 5.67. The van der Waals surface area contributed by atoms with E-state index in [0.29, 0.717) is 41.8 Å². The van der Waals surface area contributed by atoms with E-state index in [2.05, 4.69) is 47.1 Å². The summed E-state index contributed by atoms with van der Waals surface area (Å²) in [5, 5.41) is 19.9. The molecule has 5 aliphatic rings. The molecule has 0 aromatic heterocycles. The van der Waals surface area contributed by atoms with Crippen LogP contribution in [0.1, 0.15) is 79.1 Å². The summed E-state index contributed by atoms with van der Waals surface area (Å²) in [5.41, 5.74) is 5.61. The quantitative estimate of drug-likeness (QED) is 0.376. The highest BCUT2D eigenvalue weighted by atomic mass is 16.6. The highest BCUT2D eigenvalue weighted by Gasteiger charge is 2.62. The van der Waals surface area contributed by atoms with Crippen LogP contribution < -0.4 is 0 Å². The van der Waals surface area contributed by atoms with E-state index in [1.54, 1.807) is 0 Å². The fourth-order valence-corrected chi connectivity index (χ4v) is 7.84. The van der Waals surface area contributed by atoms with E-state index >= 15 is 0 Å². The third-order valence-corrected chi connectivity index (χ3v) is 10.5. The van der Waals surface area contributed by atoms with Crippen molar-refractivity contribution in [3.05, 3.63) is 48.6 Å². The van der Waals surface area contributed by atoms with Crippen molar-refractivity contribution in [3.8, 4) is 0 Å². The number of hydrogen-bond donors (Lipinski definition) is 2. The van der Waals surface area contributed by atoms with Gasteiger partial charge in [-0.2, -0.15) is 0 Å². The second kappa shape index (κ2) is 8.81. The average molecular weight is 455 g/mol. The maximum absolute atomic E-state index is 10.0. The van der Waals surface area contributed by atoms with Gasteiger partial charge in [0, 0.05) is 0 Å². The second-order valence-electron chi connectivity index (χ2n) is 12.3. The molecule has 1 saturated heterocycles. The van der Waals surface area contributed by atoms with Gasteiger partial charge in [0.25, 0.3) is 0 Å². The maximum atomic E-state index is 10.0. The summed E-state index contributed by atoms with van der Waals surface area (Å²) in [6.07, 6.45) is 8.64. The number of epoxide rings is 1. The molecule has 0 bridgehead atoms. The molecule has 1 heterocycles. The van der Waals surface area contributed by atoms with Crippen LogP contribution in [0.25, 0.3) is 0 Å². The third kappa shape index (κ3) is 4.13. The van der Waals surface area contributed by atoms with Crippen molar-refractivity contribution in [3.63, 3.8) is 0 Å². The fourth-order valence-electron chi connectivity index (χ4n) is 7.84. The summed E-state index contributed by atoms with van der Waals surface area (Å²) in [7, 11) is 0. The zero-order valence-electron chi connectivity index (χ0n) is 21.4. The van der Waals surface area contributed by atoms with E-state index < -0.39 is 12.2 Å². The largest absolute Gasteiger partial charge is 0.390 e. The van der Waals surface area contributed by atoms with E-state index in [9.17, 15) is 10.2 Å². The van der Waals surface area contributed by atoms with Gasteiger partial charge in [-0.3, -0.25) is 0 Å². The Bertz CT molecular complexity index is 841. The maximum Gasteiger partial charge on any atom is 0.0876 e. The number of fused-ring (bicyclic) bond motifs is 1. The molecule has 3 heteroatoms.